The molecule has 0 fully saturated rings. The quantitative estimate of drug-likeness (QED) is 0.0197. The molecule has 6 N–H and O–H groups in total. The zero-order chi connectivity index (χ0) is 66.7. The van der Waals surface area contributed by atoms with E-state index in [-0.39, 0.29) is 34.5 Å². The Morgan fingerprint density at radius 1 is 0.500 bits per heavy atom. The van der Waals surface area contributed by atoms with Gasteiger partial charge in [-0.15, -0.1) is 23.5 Å². The Morgan fingerprint density at radius 3 is 1.11 bits per heavy atom. The zero-order valence-electron chi connectivity index (χ0n) is 51.2. The first-order chi connectivity index (χ1) is 42.4. The summed E-state index contributed by atoms with van der Waals surface area (Å²) in [6.07, 6.45) is 0. The standard InChI is InChI=1S/2C32H37BrClN3O6S2/c2*1-6-43-30(39)22(5)35-31(40)32(23-12-14-25(34)15-13-23,19-44-26-9-7-8-24(33)18-26)36-29(38)28(20(2)3)37-45(41,42)27-16-10-21(4)11-17-27/h2*7-18,20,22,28,37H,6,19H2,1-5H3,(H,35,40)(H,36,38)/t2*22-,28-,32+/m00/s1. The number of amides is 4. The molecule has 0 bridgehead atoms. The van der Waals surface area contributed by atoms with Crippen molar-refractivity contribution in [2.45, 2.75) is 124 Å². The van der Waals surface area contributed by atoms with E-state index in [4.69, 9.17) is 32.7 Å². The maximum atomic E-state index is 14.3. The highest BCUT2D eigenvalue weighted by Gasteiger charge is 2.47. The van der Waals surface area contributed by atoms with Gasteiger partial charge in [-0.05, 0) is 149 Å². The Morgan fingerprint density at radius 2 is 0.822 bits per heavy atom. The minimum Gasteiger partial charge on any atom is -0.464 e. The minimum atomic E-state index is -4.11. The highest BCUT2D eigenvalue weighted by atomic mass is 79.9. The van der Waals surface area contributed by atoms with Crippen LogP contribution >= 0.6 is 78.6 Å². The third-order valence-corrected chi connectivity index (χ3v) is 20.5. The van der Waals surface area contributed by atoms with Crippen molar-refractivity contribution in [1.82, 2.24) is 30.7 Å². The number of nitrogens with one attached hydrogen (secondary N) is 6. The average molecular weight is 1480 g/mol. The summed E-state index contributed by atoms with van der Waals surface area (Å²) in [6, 6.07) is 35.5. The largest absolute Gasteiger partial charge is 0.464 e. The second kappa shape index (κ2) is 34.2. The van der Waals surface area contributed by atoms with E-state index < -0.39 is 103 Å². The summed E-state index contributed by atoms with van der Waals surface area (Å²) >= 11 is 21.9. The molecule has 0 saturated heterocycles. The highest BCUT2D eigenvalue weighted by molar-refractivity contribution is 9.10. The molecule has 0 unspecified atom stereocenters. The Bertz CT molecular complexity index is 3450. The molecule has 0 heterocycles. The monoisotopic (exact) mass is 1470 g/mol. The summed E-state index contributed by atoms with van der Waals surface area (Å²) in [4.78, 5) is 83.5. The van der Waals surface area contributed by atoms with Crippen molar-refractivity contribution in [3.63, 3.8) is 0 Å². The molecule has 0 spiro atoms. The molecular weight excluding hydrogens is 1400 g/mol. The van der Waals surface area contributed by atoms with Crippen LogP contribution in [0.15, 0.2) is 174 Å². The predicted octanol–water partition coefficient (Wildman–Crippen LogP) is 11.2. The number of hydrogen-bond acceptors (Lipinski definition) is 14. The lowest BCUT2D eigenvalue weighted by molar-refractivity contribution is -0.148. The van der Waals surface area contributed by atoms with E-state index in [1.54, 1.807) is 114 Å². The van der Waals surface area contributed by atoms with Crippen molar-refractivity contribution < 1.29 is 55.1 Å². The van der Waals surface area contributed by atoms with Crippen LogP contribution in [0, 0.1) is 25.7 Å². The van der Waals surface area contributed by atoms with E-state index in [2.05, 4.69) is 62.6 Å². The van der Waals surface area contributed by atoms with Gasteiger partial charge < -0.3 is 30.7 Å². The summed E-state index contributed by atoms with van der Waals surface area (Å²) in [5, 5.41) is 12.0. The van der Waals surface area contributed by atoms with Crippen LogP contribution in [0.5, 0.6) is 0 Å². The molecule has 18 nitrogen and oxygen atoms in total. The highest BCUT2D eigenvalue weighted by Crippen LogP contribution is 2.35. The van der Waals surface area contributed by atoms with Crippen LogP contribution < -0.4 is 30.7 Å². The van der Waals surface area contributed by atoms with Crippen molar-refractivity contribution >= 4 is 134 Å². The molecule has 90 heavy (non-hydrogen) atoms. The van der Waals surface area contributed by atoms with E-state index in [9.17, 15) is 45.6 Å². The van der Waals surface area contributed by atoms with Gasteiger partial charge in [-0.2, -0.15) is 9.44 Å². The molecule has 0 aliphatic heterocycles. The van der Waals surface area contributed by atoms with Crippen LogP contribution in [0.25, 0.3) is 0 Å². The first-order valence-electron chi connectivity index (χ1n) is 28.4. The number of esters is 2. The summed E-state index contributed by atoms with van der Waals surface area (Å²) in [5.74, 6) is -5.19. The molecular formula is C64H74Br2Cl2N6O12S4. The summed E-state index contributed by atoms with van der Waals surface area (Å²) in [5.41, 5.74) is -1.05. The van der Waals surface area contributed by atoms with E-state index in [0.717, 1.165) is 29.9 Å². The molecule has 0 aliphatic carbocycles. The molecule has 6 aromatic carbocycles. The van der Waals surface area contributed by atoms with Crippen LogP contribution in [0.4, 0.5) is 0 Å². The second-order valence-electron chi connectivity index (χ2n) is 21.5. The fourth-order valence-corrected chi connectivity index (χ4v) is 14.9. The first kappa shape index (κ1) is 74.9. The van der Waals surface area contributed by atoms with Crippen LogP contribution in [0.2, 0.25) is 10.0 Å². The molecule has 0 saturated carbocycles. The smallest absolute Gasteiger partial charge is 0.328 e. The van der Waals surface area contributed by atoms with Gasteiger partial charge in [0.25, 0.3) is 11.8 Å². The third-order valence-electron chi connectivity index (χ3n) is 13.7. The molecule has 26 heteroatoms. The molecule has 484 valence electrons. The molecule has 4 amide bonds. The molecule has 6 rings (SSSR count). The van der Waals surface area contributed by atoms with Crippen molar-refractivity contribution in [1.29, 1.82) is 0 Å². The molecule has 0 aliphatic rings. The first-order valence-corrected chi connectivity index (χ1v) is 35.7. The van der Waals surface area contributed by atoms with Crippen molar-refractivity contribution in [2.24, 2.45) is 11.8 Å². The van der Waals surface area contributed by atoms with Gasteiger partial charge in [0.15, 0.2) is 11.1 Å². The molecule has 6 atom stereocenters. The maximum Gasteiger partial charge on any atom is 0.328 e. The van der Waals surface area contributed by atoms with Gasteiger partial charge in [0.1, 0.15) is 24.2 Å². The fourth-order valence-electron chi connectivity index (χ4n) is 8.61. The number of halogens is 4. The van der Waals surface area contributed by atoms with Gasteiger partial charge in [0, 0.05) is 40.3 Å². The SMILES string of the molecule is CCOC(=O)[C@H](C)NC(=O)[C@](CSc1cccc(Br)c1)(NC(=O)[C@@H](NS(=O)(=O)c1ccc(C)cc1)C(C)C)c1ccc(Cl)cc1.CCOC(=O)[C@H](C)NC(=O)[C@](CSc1cccc(Br)c1)(NC(=O)[C@@H](NS(=O)(=O)c1ccc(C)cc1)C(C)C)c1ccc(Cl)cc1. The summed E-state index contributed by atoms with van der Waals surface area (Å²) in [7, 11) is -8.22. The fraction of sp³-hybridized carbons (Fsp3) is 0.344. The number of hydrogen-bond donors (Lipinski definition) is 6. The van der Waals surface area contributed by atoms with Crippen LogP contribution in [-0.4, -0.2) is 101 Å². The van der Waals surface area contributed by atoms with Gasteiger partial charge in [-0.25, -0.2) is 26.4 Å². The number of benzene rings is 6. The molecule has 0 radical (unpaired) electrons. The lowest BCUT2D eigenvalue weighted by atomic mass is 9.89. The van der Waals surface area contributed by atoms with Crippen LogP contribution in [0.3, 0.4) is 0 Å². The van der Waals surface area contributed by atoms with Gasteiger partial charge in [-0.3, -0.25) is 19.2 Å². The summed E-state index contributed by atoms with van der Waals surface area (Å²) in [6.45, 7) is 17.0. The Kier molecular flexibility index (Phi) is 28.5. The lowest BCUT2D eigenvalue weighted by Gasteiger charge is -2.36. The maximum absolute atomic E-state index is 14.3. The normalized spacial score (nSPS) is 14.2. The van der Waals surface area contributed by atoms with Gasteiger partial charge in [0.05, 0.1) is 23.0 Å². The van der Waals surface area contributed by atoms with E-state index in [1.165, 1.54) is 61.6 Å². The van der Waals surface area contributed by atoms with Crippen molar-refractivity contribution in [2.75, 3.05) is 24.7 Å². The summed E-state index contributed by atoms with van der Waals surface area (Å²) < 4.78 is 70.3. The van der Waals surface area contributed by atoms with E-state index >= 15 is 0 Å². The Hall–Kier alpha value is -5.80. The second-order valence-corrected chi connectivity index (χ2v) is 29.7. The zero-order valence-corrected chi connectivity index (χ0v) is 59.1. The number of carbonyl (C=O) groups is 6. The minimum absolute atomic E-state index is 0.00160. The molecule has 6 aromatic rings. The van der Waals surface area contributed by atoms with E-state index in [1.807, 2.05) is 62.4 Å². The third kappa shape index (κ3) is 21.1. The topological polar surface area (TPSA) is 261 Å². The van der Waals surface area contributed by atoms with Crippen molar-refractivity contribution in [3.8, 4) is 0 Å². The molecule has 0 aromatic heterocycles. The van der Waals surface area contributed by atoms with Crippen molar-refractivity contribution in [3.05, 3.63) is 187 Å². The number of sulfonamides is 2. The number of thioether (sulfide) groups is 2. The van der Waals surface area contributed by atoms with Crippen LogP contribution in [-0.2, 0) is 69.4 Å². The van der Waals surface area contributed by atoms with Gasteiger partial charge in [0.2, 0.25) is 31.9 Å². The van der Waals surface area contributed by atoms with Crippen LogP contribution in [0.1, 0.15) is 77.6 Å². The predicted molar refractivity (Wildman–Crippen MR) is 361 cm³/mol. The number of aryl methyl sites for hydroxylation is 2. The van der Waals surface area contributed by atoms with Gasteiger partial charge >= 0.3 is 11.9 Å². The average Bonchev–Trinajstić information content (AvgIpc) is 0.855. The number of carbonyl (C=O) groups excluding carboxylic acids is 6. The number of rotatable bonds is 28. The lowest BCUT2D eigenvalue weighted by Crippen LogP contribution is -2.63. The number of ether oxygens (including phenoxy) is 2. The van der Waals surface area contributed by atoms with Gasteiger partial charge in [-0.1, -0.05) is 155 Å². The Labute approximate surface area is 563 Å². The van der Waals surface area contributed by atoms with E-state index in [0.29, 0.717) is 21.2 Å². The Balaban J connectivity index is 0.000000327.